The van der Waals surface area contributed by atoms with Crippen molar-refractivity contribution >= 4 is 35.6 Å². The molecule has 2 aromatic rings. The lowest BCUT2D eigenvalue weighted by atomic mass is 10.1. The molecule has 158 valence electrons. The lowest BCUT2D eigenvalue weighted by molar-refractivity contribution is 0.474. The van der Waals surface area contributed by atoms with Gasteiger partial charge in [-0.2, -0.15) is 0 Å². The summed E-state index contributed by atoms with van der Waals surface area (Å²) < 4.78 is 28.0. The minimum atomic E-state index is -0.535. The van der Waals surface area contributed by atoms with Gasteiger partial charge in [0.2, 0.25) is 0 Å². The van der Waals surface area contributed by atoms with E-state index in [2.05, 4.69) is 15.6 Å². The number of nitrogens with one attached hydrogen (secondary N) is 2. The van der Waals surface area contributed by atoms with Gasteiger partial charge >= 0.3 is 0 Å². The molecule has 1 saturated heterocycles. The normalized spacial score (nSPS) is 16.4. The molecule has 8 heteroatoms. The van der Waals surface area contributed by atoms with Crippen LogP contribution in [0.5, 0.6) is 5.75 Å². The highest BCUT2D eigenvalue weighted by molar-refractivity contribution is 14.0. The molecule has 0 radical (unpaired) electrons. The Bertz CT molecular complexity index is 814. The molecule has 3 rings (SSSR count). The fourth-order valence-corrected chi connectivity index (χ4v) is 3.39. The zero-order valence-electron chi connectivity index (χ0n) is 16.4. The maximum Gasteiger partial charge on any atom is 0.191 e. The van der Waals surface area contributed by atoms with E-state index in [-0.39, 0.29) is 41.5 Å². The highest BCUT2D eigenvalue weighted by atomic mass is 127. The molecule has 1 fully saturated rings. The van der Waals surface area contributed by atoms with Gasteiger partial charge in [0.1, 0.15) is 23.1 Å². The van der Waals surface area contributed by atoms with Crippen LogP contribution in [0.25, 0.3) is 0 Å². The smallest absolute Gasteiger partial charge is 0.191 e. The van der Waals surface area contributed by atoms with Crippen LogP contribution >= 0.6 is 24.0 Å². The SMILES string of the molecule is CCNC(=NCCc1cccc(O)c1)NC1CCN(c2c(F)cccc2F)C1.I. The Morgan fingerprint density at radius 2 is 1.93 bits per heavy atom. The highest BCUT2D eigenvalue weighted by Crippen LogP contribution is 2.26. The zero-order chi connectivity index (χ0) is 19.9. The zero-order valence-corrected chi connectivity index (χ0v) is 18.7. The van der Waals surface area contributed by atoms with E-state index in [1.54, 1.807) is 17.0 Å². The van der Waals surface area contributed by atoms with Crippen molar-refractivity contribution in [3.8, 4) is 5.75 Å². The first-order valence-corrected chi connectivity index (χ1v) is 9.58. The first-order chi connectivity index (χ1) is 13.6. The van der Waals surface area contributed by atoms with E-state index in [1.165, 1.54) is 18.2 Å². The Labute approximate surface area is 187 Å². The minimum absolute atomic E-state index is 0. The summed E-state index contributed by atoms with van der Waals surface area (Å²) in [5, 5.41) is 16.1. The van der Waals surface area contributed by atoms with Crippen LogP contribution in [0.4, 0.5) is 14.5 Å². The van der Waals surface area contributed by atoms with E-state index in [4.69, 9.17) is 0 Å². The minimum Gasteiger partial charge on any atom is -0.508 e. The number of aromatic hydroxyl groups is 1. The molecule has 0 amide bonds. The Morgan fingerprint density at radius 3 is 2.62 bits per heavy atom. The summed E-state index contributed by atoms with van der Waals surface area (Å²) in [6.07, 6.45) is 1.48. The average molecular weight is 516 g/mol. The molecule has 0 aromatic heterocycles. The molecule has 0 saturated carbocycles. The molecule has 0 spiro atoms. The van der Waals surface area contributed by atoms with Crippen LogP contribution in [0, 0.1) is 11.6 Å². The van der Waals surface area contributed by atoms with E-state index in [1.807, 2.05) is 19.1 Å². The van der Waals surface area contributed by atoms with Crippen molar-refractivity contribution in [1.29, 1.82) is 0 Å². The van der Waals surface area contributed by atoms with E-state index >= 15 is 0 Å². The maximum absolute atomic E-state index is 14.0. The number of phenols is 1. The molecule has 29 heavy (non-hydrogen) atoms. The monoisotopic (exact) mass is 516 g/mol. The largest absolute Gasteiger partial charge is 0.508 e. The second-order valence-electron chi connectivity index (χ2n) is 6.83. The van der Waals surface area contributed by atoms with Gasteiger partial charge in [0.15, 0.2) is 5.96 Å². The molecular formula is C21H27F2IN4O. The second kappa shape index (κ2) is 11.2. The number of phenolic OH excluding ortho intramolecular Hbond substituents is 1. The fourth-order valence-electron chi connectivity index (χ4n) is 3.39. The summed E-state index contributed by atoms with van der Waals surface area (Å²) in [4.78, 5) is 6.32. The second-order valence-corrected chi connectivity index (χ2v) is 6.83. The molecule has 1 aliphatic rings. The fraction of sp³-hybridized carbons (Fsp3) is 0.381. The molecular weight excluding hydrogens is 489 g/mol. The molecule has 3 N–H and O–H groups in total. The topological polar surface area (TPSA) is 59.9 Å². The molecule has 1 unspecified atom stereocenters. The molecule has 1 aliphatic heterocycles. The summed E-state index contributed by atoms with van der Waals surface area (Å²) in [7, 11) is 0. The van der Waals surface area contributed by atoms with Gasteiger partial charge in [-0.15, -0.1) is 24.0 Å². The van der Waals surface area contributed by atoms with E-state index < -0.39 is 11.6 Å². The van der Waals surface area contributed by atoms with E-state index in [0.717, 1.165) is 18.5 Å². The molecule has 5 nitrogen and oxygen atoms in total. The Balaban J connectivity index is 0.00000300. The van der Waals surface area contributed by atoms with Gasteiger partial charge in [0, 0.05) is 32.2 Å². The number of guanidine groups is 1. The summed E-state index contributed by atoms with van der Waals surface area (Å²) in [6, 6.07) is 11.1. The van der Waals surface area contributed by atoms with Gasteiger partial charge in [0.05, 0.1) is 0 Å². The first-order valence-electron chi connectivity index (χ1n) is 9.58. The van der Waals surface area contributed by atoms with Crippen molar-refractivity contribution in [2.24, 2.45) is 4.99 Å². The number of para-hydroxylation sites is 1. The number of halogens is 3. The third-order valence-electron chi connectivity index (χ3n) is 4.71. The standard InChI is InChI=1S/C21H26F2N4O.HI/c1-2-24-21(25-11-9-15-5-3-6-17(28)13-15)26-16-10-12-27(14-16)20-18(22)7-4-8-19(20)23;/h3-8,13,16,28H,2,9-12,14H2,1H3,(H2,24,25,26);1H. The van der Waals surface area contributed by atoms with Crippen LogP contribution in [-0.2, 0) is 6.42 Å². The first kappa shape index (κ1) is 23.2. The number of anilines is 1. The van der Waals surface area contributed by atoms with Crippen LogP contribution in [0.2, 0.25) is 0 Å². The van der Waals surface area contributed by atoms with Gasteiger partial charge in [0.25, 0.3) is 0 Å². The third kappa shape index (κ3) is 6.45. The van der Waals surface area contributed by atoms with Gasteiger partial charge < -0.3 is 20.6 Å². The van der Waals surface area contributed by atoms with Gasteiger partial charge in [-0.1, -0.05) is 18.2 Å². The lowest BCUT2D eigenvalue weighted by Gasteiger charge is -2.21. The number of hydrogen-bond donors (Lipinski definition) is 3. The third-order valence-corrected chi connectivity index (χ3v) is 4.71. The van der Waals surface area contributed by atoms with Crippen LogP contribution < -0.4 is 15.5 Å². The maximum atomic E-state index is 14.0. The van der Waals surface area contributed by atoms with Crippen molar-refractivity contribution < 1.29 is 13.9 Å². The molecule has 2 aromatic carbocycles. The summed E-state index contributed by atoms with van der Waals surface area (Å²) in [5.41, 5.74) is 1.05. The number of nitrogens with zero attached hydrogens (tertiary/aromatic N) is 2. The Kier molecular flexibility index (Phi) is 8.94. The number of hydrogen-bond acceptors (Lipinski definition) is 3. The van der Waals surface area contributed by atoms with Crippen molar-refractivity contribution in [3.63, 3.8) is 0 Å². The lowest BCUT2D eigenvalue weighted by Crippen LogP contribution is -2.44. The van der Waals surface area contributed by atoms with E-state index in [9.17, 15) is 13.9 Å². The molecule has 0 bridgehead atoms. The quantitative estimate of drug-likeness (QED) is 0.312. The van der Waals surface area contributed by atoms with Crippen molar-refractivity contribution in [2.75, 3.05) is 31.1 Å². The molecule has 1 atom stereocenters. The number of aliphatic imine (C=N–C) groups is 1. The van der Waals surface area contributed by atoms with Crippen molar-refractivity contribution in [3.05, 3.63) is 59.7 Å². The van der Waals surface area contributed by atoms with Crippen molar-refractivity contribution in [1.82, 2.24) is 10.6 Å². The number of rotatable bonds is 6. The Morgan fingerprint density at radius 1 is 1.21 bits per heavy atom. The van der Waals surface area contributed by atoms with Crippen LogP contribution in [-0.4, -0.2) is 43.3 Å². The summed E-state index contributed by atoms with van der Waals surface area (Å²) in [5.74, 6) is -0.138. The predicted octanol–water partition coefficient (Wildman–Crippen LogP) is 3.66. The van der Waals surface area contributed by atoms with Crippen LogP contribution in [0.15, 0.2) is 47.5 Å². The van der Waals surface area contributed by atoms with Crippen molar-refractivity contribution in [2.45, 2.75) is 25.8 Å². The average Bonchev–Trinajstić information content (AvgIpc) is 3.10. The van der Waals surface area contributed by atoms with E-state index in [0.29, 0.717) is 32.0 Å². The number of benzene rings is 2. The van der Waals surface area contributed by atoms with Gasteiger partial charge in [-0.05, 0) is 49.6 Å². The molecule has 1 heterocycles. The highest BCUT2D eigenvalue weighted by Gasteiger charge is 2.27. The van der Waals surface area contributed by atoms with Gasteiger partial charge in [-0.25, -0.2) is 8.78 Å². The van der Waals surface area contributed by atoms with Crippen LogP contribution in [0.3, 0.4) is 0 Å². The van der Waals surface area contributed by atoms with Crippen LogP contribution in [0.1, 0.15) is 18.9 Å². The Hall–Kier alpha value is -2.10. The summed E-state index contributed by atoms with van der Waals surface area (Å²) in [6.45, 7) is 4.36. The summed E-state index contributed by atoms with van der Waals surface area (Å²) >= 11 is 0. The van der Waals surface area contributed by atoms with Gasteiger partial charge in [-0.3, -0.25) is 4.99 Å². The molecule has 0 aliphatic carbocycles. The predicted molar refractivity (Wildman–Crippen MR) is 123 cm³/mol.